The molecule has 0 aliphatic heterocycles. The van der Waals surface area contributed by atoms with E-state index in [9.17, 15) is 15.0 Å². The Labute approximate surface area is 344 Å². The van der Waals surface area contributed by atoms with Gasteiger partial charge in [-0.25, -0.2) is 0 Å². The molecule has 0 radical (unpaired) electrons. The third kappa shape index (κ3) is 43.6. The summed E-state index contributed by atoms with van der Waals surface area (Å²) in [6.07, 6.45) is 62.8. The van der Waals surface area contributed by atoms with Gasteiger partial charge in [0.1, 0.15) is 0 Å². The second-order valence-electron chi connectivity index (χ2n) is 16.9. The molecule has 1 amide bonds. The van der Waals surface area contributed by atoms with Crippen LogP contribution in [0.2, 0.25) is 0 Å². The number of allylic oxidation sites excluding steroid dienone is 5. The quantitative estimate of drug-likeness (QED) is 0.0426. The number of aliphatic hydroxyl groups is 2. The van der Waals surface area contributed by atoms with Crippen LogP contribution in [0, 0.1) is 0 Å². The predicted octanol–water partition coefficient (Wildman–Crippen LogP) is 15.7. The number of hydrogen-bond acceptors (Lipinski definition) is 3. The minimum Gasteiger partial charge on any atom is -0.394 e. The molecule has 0 saturated heterocycles. The summed E-state index contributed by atoms with van der Waals surface area (Å²) >= 11 is 0. The van der Waals surface area contributed by atoms with Crippen molar-refractivity contribution >= 4 is 5.91 Å². The zero-order valence-corrected chi connectivity index (χ0v) is 37.2. The highest BCUT2D eigenvalue weighted by Gasteiger charge is 2.17. The molecule has 0 fully saturated rings. The SMILES string of the molecule is CCCCCCCCCCC/C=C/CC/C=C/CC/C=C/C(O)C(CO)NC(=O)CCCCCCCCCCCCCCCCCCCCCCCCCC. The van der Waals surface area contributed by atoms with Gasteiger partial charge in [-0.2, -0.15) is 0 Å². The van der Waals surface area contributed by atoms with E-state index in [2.05, 4.69) is 43.5 Å². The molecule has 4 heteroatoms. The normalized spacial score (nSPS) is 13.2. The topological polar surface area (TPSA) is 69.6 Å². The van der Waals surface area contributed by atoms with Crippen molar-refractivity contribution in [3.8, 4) is 0 Å². The summed E-state index contributed by atoms with van der Waals surface area (Å²) in [7, 11) is 0. The zero-order valence-electron chi connectivity index (χ0n) is 37.2. The van der Waals surface area contributed by atoms with E-state index in [1.807, 2.05) is 6.08 Å². The van der Waals surface area contributed by atoms with E-state index in [1.165, 1.54) is 205 Å². The summed E-state index contributed by atoms with van der Waals surface area (Å²) in [4.78, 5) is 12.4. The van der Waals surface area contributed by atoms with E-state index in [-0.39, 0.29) is 12.5 Å². The maximum atomic E-state index is 12.4. The average molecular weight is 772 g/mol. The highest BCUT2D eigenvalue weighted by Crippen LogP contribution is 2.16. The smallest absolute Gasteiger partial charge is 0.220 e. The first-order valence-electron chi connectivity index (χ1n) is 24.7. The second-order valence-corrected chi connectivity index (χ2v) is 16.9. The van der Waals surface area contributed by atoms with E-state index in [1.54, 1.807) is 6.08 Å². The monoisotopic (exact) mass is 772 g/mol. The highest BCUT2D eigenvalue weighted by molar-refractivity contribution is 5.76. The number of carbonyl (C=O) groups excluding carboxylic acids is 1. The maximum absolute atomic E-state index is 12.4. The van der Waals surface area contributed by atoms with Crippen molar-refractivity contribution in [2.45, 2.75) is 276 Å². The Balaban J connectivity index is 3.55. The van der Waals surface area contributed by atoms with Crippen LogP contribution >= 0.6 is 0 Å². The van der Waals surface area contributed by atoms with E-state index < -0.39 is 12.1 Å². The van der Waals surface area contributed by atoms with Gasteiger partial charge in [0.2, 0.25) is 5.91 Å². The van der Waals surface area contributed by atoms with Crippen molar-refractivity contribution < 1.29 is 15.0 Å². The number of nitrogens with one attached hydrogen (secondary N) is 1. The summed E-state index contributed by atoms with van der Waals surface area (Å²) in [5.74, 6) is -0.0737. The molecule has 55 heavy (non-hydrogen) atoms. The van der Waals surface area contributed by atoms with Crippen LogP contribution in [0.25, 0.3) is 0 Å². The van der Waals surface area contributed by atoms with Crippen LogP contribution in [-0.2, 0) is 4.79 Å². The van der Waals surface area contributed by atoms with Gasteiger partial charge in [0.25, 0.3) is 0 Å². The molecule has 0 heterocycles. The van der Waals surface area contributed by atoms with Gasteiger partial charge in [-0.15, -0.1) is 0 Å². The van der Waals surface area contributed by atoms with Gasteiger partial charge >= 0.3 is 0 Å². The minimum atomic E-state index is -0.868. The van der Waals surface area contributed by atoms with E-state index >= 15 is 0 Å². The molecule has 0 aliphatic rings. The van der Waals surface area contributed by atoms with Gasteiger partial charge in [0, 0.05) is 6.42 Å². The van der Waals surface area contributed by atoms with Crippen LogP contribution in [0.4, 0.5) is 0 Å². The molecular weight excluding hydrogens is 675 g/mol. The minimum absolute atomic E-state index is 0.0737. The Morgan fingerprint density at radius 1 is 0.418 bits per heavy atom. The van der Waals surface area contributed by atoms with E-state index in [0.717, 1.165) is 38.5 Å². The molecule has 0 aliphatic carbocycles. The molecule has 0 aromatic carbocycles. The van der Waals surface area contributed by atoms with Gasteiger partial charge in [0.05, 0.1) is 18.8 Å². The van der Waals surface area contributed by atoms with Gasteiger partial charge in [-0.1, -0.05) is 249 Å². The number of carbonyl (C=O) groups is 1. The summed E-state index contributed by atoms with van der Waals surface area (Å²) in [5, 5.41) is 23.0. The number of hydrogen-bond donors (Lipinski definition) is 3. The Morgan fingerprint density at radius 2 is 0.709 bits per heavy atom. The lowest BCUT2D eigenvalue weighted by atomic mass is 10.0. The van der Waals surface area contributed by atoms with Gasteiger partial charge in [0.15, 0.2) is 0 Å². The first-order chi connectivity index (χ1) is 27.2. The predicted molar refractivity (Wildman–Crippen MR) is 244 cm³/mol. The first-order valence-corrected chi connectivity index (χ1v) is 24.7. The summed E-state index contributed by atoms with van der Waals surface area (Å²) in [5.41, 5.74) is 0. The molecule has 0 bridgehead atoms. The Hall–Kier alpha value is -1.39. The molecule has 0 aromatic heterocycles. The van der Waals surface area contributed by atoms with Crippen molar-refractivity contribution in [3.05, 3.63) is 36.5 Å². The lowest BCUT2D eigenvalue weighted by molar-refractivity contribution is -0.123. The number of rotatable bonds is 45. The van der Waals surface area contributed by atoms with E-state index in [4.69, 9.17) is 0 Å². The fourth-order valence-electron chi connectivity index (χ4n) is 7.56. The van der Waals surface area contributed by atoms with Crippen molar-refractivity contribution in [1.82, 2.24) is 5.32 Å². The van der Waals surface area contributed by atoms with Crippen LogP contribution in [0.1, 0.15) is 264 Å². The van der Waals surface area contributed by atoms with Crippen molar-refractivity contribution in [2.75, 3.05) is 6.61 Å². The molecule has 324 valence electrons. The van der Waals surface area contributed by atoms with Gasteiger partial charge in [-0.05, 0) is 44.9 Å². The molecule has 0 aromatic rings. The lowest BCUT2D eigenvalue weighted by Gasteiger charge is -2.19. The Bertz CT molecular complexity index is 836. The summed E-state index contributed by atoms with van der Waals surface area (Å²) in [6, 6.07) is -0.643. The zero-order chi connectivity index (χ0) is 40.0. The van der Waals surface area contributed by atoms with Crippen LogP contribution in [0.5, 0.6) is 0 Å². The maximum Gasteiger partial charge on any atom is 0.220 e. The average Bonchev–Trinajstić information content (AvgIpc) is 3.19. The molecule has 0 rings (SSSR count). The van der Waals surface area contributed by atoms with Crippen molar-refractivity contribution in [2.24, 2.45) is 0 Å². The van der Waals surface area contributed by atoms with Crippen LogP contribution in [-0.4, -0.2) is 34.9 Å². The summed E-state index contributed by atoms with van der Waals surface area (Å²) < 4.78 is 0. The molecular formula is C51H97NO3. The molecule has 4 nitrogen and oxygen atoms in total. The number of amides is 1. The first kappa shape index (κ1) is 53.6. The Morgan fingerprint density at radius 3 is 1.05 bits per heavy atom. The van der Waals surface area contributed by atoms with Crippen LogP contribution in [0.15, 0.2) is 36.5 Å². The molecule has 0 spiro atoms. The number of aliphatic hydroxyl groups excluding tert-OH is 2. The Kier molecular flexibility index (Phi) is 45.8. The standard InChI is InChI=1S/C51H97NO3/c1-3-5-7-9-11-13-15-17-19-21-23-24-25-26-27-29-31-33-35-37-39-41-43-45-47-51(55)52-49(48-53)50(54)46-44-42-40-38-36-34-32-30-28-22-20-18-16-14-12-10-8-6-4-2/h28,30,36,38,44,46,49-50,53-54H,3-27,29,31-35,37,39-43,45,47-48H2,1-2H3,(H,52,55)/b30-28+,38-36+,46-44+. The lowest BCUT2D eigenvalue weighted by Crippen LogP contribution is -2.45. The fourth-order valence-corrected chi connectivity index (χ4v) is 7.56. The molecule has 2 atom stereocenters. The summed E-state index contributed by atoms with van der Waals surface area (Å²) in [6.45, 7) is 4.31. The molecule has 0 saturated carbocycles. The van der Waals surface area contributed by atoms with Crippen LogP contribution in [0.3, 0.4) is 0 Å². The number of unbranched alkanes of at least 4 members (excludes halogenated alkanes) is 34. The molecule has 3 N–H and O–H groups in total. The van der Waals surface area contributed by atoms with Crippen LogP contribution < -0.4 is 5.32 Å². The van der Waals surface area contributed by atoms with Crippen molar-refractivity contribution in [3.63, 3.8) is 0 Å². The molecule has 2 unspecified atom stereocenters. The largest absolute Gasteiger partial charge is 0.394 e. The highest BCUT2D eigenvalue weighted by atomic mass is 16.3. The van der Waals surface area contributed by atoms with E-state index in [0.29, 0.717) is 6.42 Å². The third-order valence-electron chi connectivity index (χ3n) is 11.4. The fraction of sp³-hybridized carbons (Fsp3) is 0.863. The van der Waals surface area contributed by atoms with Gasteiger partial charge < -0.3 is 15.5 Å². The van der Waals surface area contributed by atoms with Crippen molar-refractivity contribution in [1.29, 1.82) is 0 Å². The third-order valence-corrected chi connectivity index (χ3v) is 11.4. The second kappa shape index (κ2) is 47.0. The van der Waals surface area contributed by atoms with Gasteiger partial charge in [-0.3, -0.25) is 4.79 Å².